The molecule has 3 aromatic carbocycles. The van der Waals surface area contributed by atoms with Crippen molar-refractivity contribution in [2.75, 3.05) is 19.7 Å². The summed E-state index contributed by atoms with van der Waals surface area (Å²) in [5, 5.41) is 2.66. The minimum absolute atomic E-state index is 0.113. The van der Waals surface area contributed by atoms with Crippen LogP contribution in [0.25, 0.3) is 0 Å². The summed E-state index contributed by atoms with van der Waals surface area (Å²) in [6, 6.07) is 15.8. The topological polar surface area (TPSA) is 79.0 Å². The summed E-state index contributed by atoms with van der Waals surface area (Å²) in [5.41, 5.74) is -0.0990. The highest BCUT2D eigenvalue weighted by molar-refractivity contribution is 5.98. The molecule has 7 nitrogen and oxygen atoms in total. The highest BCUT2D eigenvalue weighted by Crippen LogP contribution is 2.39. The number of halogens is 4. The van der Waals surface area contributed by atoms with E-state index in [4.69, 9.17) is 4.74 Å². The first-order valence-corrected chi connectivity index (χ1v) is 13.5. The Labute approximate surface area is 240 Å². The molecule has 1 spiro atoms. The summed E-state index contributed by atoms with van der Waals surface area (Å²) < 4.78 is 58.9. The predicted octanol–water partition coefficient (Wildman–Crippen LogP) is 4.94. The maximum Gasteiger partial charge on any atom is 0.416 e. The first-order chi connectivity index (χ1) is 20.0. The van der Waals surface area contributed by atoms with Crippen LogP contribution < -0.4 is 5.32 Å². The zero-order valence-corrected chi connectivity index (χ0v) is 22.8. The standard InChI is InChI=1S/C31H29F4N3O4/c1-20-5-7-23(8-6-20)29(41)38-26(27(39)36-18-21-3-2-4-24(17-21)31(33,34)35)19-42-30(38)13-15-37(16-14-30)28(40)22-9-11-25(32)12-10-22/h2-12,17,26H,13-16,18-19H2,1H3,(H,36,39). The van der Waals surface area contributed by atoms with Crippen LogP contribution in [0.15, 0.2) is 72.8 Å². The van der Waals surface area contributed by atoms with Crippen LogP contribution in [0.1, 0.15) is 50.2 Å². The van der Waals surface area contributed by atoms with Crippen LogP contribution in [0.4, 0.5) is 17.6 Å². The van der Waals surface area contributed by atoms with Crippen LogP contribution in [-0.4, -0.2) is 59.0 Å². The third-order valence-electron chi connectivity index (χ3n) is 7.72. The monoisotopic (exact) mass is 583 g/mol. The van der Waals surface area contributed by atoms with Crippen LogP contribution in [0.2, 0.25) is 0 Å². The van der Waals surface area contributed by atoms with Gasteiger partial charge in [0.2, 0.25) is 5.91 Å². The van der Waals surface area contributed by atoms with Crippen molar-refractivity contribution in [3.63, 3.8) is 0 Å². The van der Waals surface area contributed by atoms with Gasteiger partial charge in [-0.3, -0.25) is 19.3 Å². The lowest BCUT2D eigenvalue weighted by molar-refractivity contribution is -0.137. The number of amides is 3. The van der Waals surface area contributed by atoms with Gasteiger partial charge in [0.05, 0.1) is 12.2 Å². The van der Waals surface area contributed by atoms with Crippen LogP contribution >= 0.6 is 0 Å². The smallest absolute Gasteiger partial charge is 0.353 e. The normalized spacial score (nSPS) is 18.3. The number of carbonyl (C=O) groups excluding carboxylic acids is 3. The lowest BCUT2D eigenvalue weighted by Crippen LogP contribution is -2.59. The Hall–Kier alpha value is -4.25. The van der Waals surface area contributed by atoms with E-state index in [2.05, 4.69) is 5.32 Å². The zero-order chi connectivity index (χ0) is 30.1. The first-order valence-electron chi connectivity index (χ1n) is 13.5. The fraction of sp³-hybridized carbons (Fsp3) is 0.323. The van der Waals surface area contributed by atoms with E-state index in [-0.39, 0.29) is 50.6 Å². The summed E-state index contributed by atoms with van der Waals surface area (Å²) in [7, 11) is 0. The fourth-order valence-corrected chi connectivity index (χ4v) is 5.40. The molecule has 0 aromatic heterocycles. The molecule has 5 rings (SSSR count). The summed E-state index contributed by atoms with van der Waals surface area (Å²) in [6.45, 7) is 2.06. The molecule has 2 saturated heterocycles. The van der Waals surface area contributed by atoms with Gasteiger partial charge in [0.15, 0.2) is 0 Å². The van der Waals surface area contributed by atoms with Gasteiger partial charge in [0, 0.05) is 43.6 Å². The fourth-order valence-electron chi connectivity index (χ4n) is 5.40. The van der Waals surface area contributed by atoms with E-state index in [0.717, 1.165) is 17.7 Å². The van der Waals surface area contributed by atoms with Crippen LogP contribution in [0.3, 0.4) is 0 Å². The average Bonchev–Trinajstić information content (AvgIpc) is 3.34. The lowest BCUT2D eigenvalue weighted by Gasteiger charge is -2.44. The molecule has 0 radical (unpaired) electrons. The molecular formula is C31H29F4N3O4. The number of aryl methyl sites for hydroxylation is 1. The lowest BCUT2D eigenvalue weighted by atomic mass is 9.96. The number of piperidine rings is 1. The second kappa shape index (κ2) is 11.6. The van der Waals surface area contributed by atoms with Gasteiger partial charge in [-0.15, -0.1) is 0 Å². The minimum atomic E-state index is -4.52. The number of nitrogens with zero attached hydrogens (tertiary/aromatic N) is 2. The number of carbonyl (C=O) groups is 3. The maximum absolute atomic E-state index is 13.9. The quantitative estimate of drug-likeness (QED) is 0.432. The largest absolute Gasteiger partial charge is 0.416 e. The van der Waals surface area contributed by atoms with E-state index >= 15 is 0 Å². The van der Waals surface area contributed by atoms with Gasteiger partial charge in [-0.05, 0) is 61.0 Å². The Morgan fingerprint density at radius 2 is 1.55 bits per heavy atom. The molecule has 1 atom stereocenters. The summed E-state index contributed by atoms with van der Waals surface area (Å²) in [5.74, 6) is -1.72. The van der Waals surface area contributed by atoms with Crippen molar-refractivity contribution in [1.82, 2.24) is 15.1 Å². The number of nitrogens with one attached hydrogen (secondary N) is 1. The predicted molar refractivity (Wildman–Crippen MR) is 145 cm³/mol. The molecule has 2 heterocycles. The van der Waals surface area contributed by atoms with Gasteiger partial charge >= 0.3 is 6.18 Å². The number of likely N-dealkylation sites (tertiary alicyclic amines) is 1. The van der Waals surface area contributed by atoms with Gasteiger partial charge in [-0.1, -0.05) is 29.8 Å². The maximum atomic E-state index is 13.9. The van der Waals surface area contributed by atoms with E-state index in [0.29, 0.717) is 11.1 Å². The van der Waals surface area contributed by atoms with E-state index < -0.39 is 41.1 Å². The molecule has 220 valence electrons. The molecule has 0 saturated carbocycles. The van der Waals surface area contributed by atoms with Crippen LogP contribution in [0, 0.1) is 12.7 Å². The van der Waals surface area contributed by atoms with Crippen molar-refractivity contribution in [3.8, 4) is 0 Å². The number of alkyl halides is 3. The number of benzene rings is 3. The molecule has 11 heteroatoms. The van der Waals surface area contributed by atoms with Crippen molar-refractivity contribution in [2.24, 2.45) is 0 Å². The number of ether oxygens (including phenoxy) is 1. The minimum Gasteiger partial charge on any atom is -0.353 e. The van der Waals surface area contributed by atoms with E-state index in [9.17, 15) is 31.9 Å². The van der Waals surface area contributed by atoms with Crippen molar-refractivity contribution >= 4 is 17.7 Å². The third kappa shape index (κ3) is 6.01. The Kier molecular flexibility index (Phi) is 8.05. The number of hydrogen-bond acceptors (Lipinski definition) is 4. The molecular weight excluding hydrogens is 554 g/mol. The molecule has 0 aliphatic carbocycles. The highest BCUT2D eigenvalue weighted by Gasteiger charge is 2.54. The van der Waals surface area contributed by atoms with Crippen molar-refractivity contribution in [3.05, 3.63) is 106 Å². The van der Waals surface area contributed by atoms with Gasteiger partial charge in [-0.2, -0.15) is 13.2 Å². The van der Waals surface area contributed by atoms with Crippen molar-refractivity contribution in [1.29, 1.82) is 0 Å². The molecule has 42 heavy (non-hydrogen) atoms. The van der Waals surface area contributed by atoms with Gasteiger partial charge in [-0.25, -0.2) is 4.39 Å². The molecule has 2 aliphatic heterocycles. The molecule has 2 fully saturated rings. The van der Waals surface area contributed by atoms with Gasteiger partial charge < -0.3 is 15.0 Å². The van der Waals surface area contributed by atoms with Crippen LogP contribution in [-0.2, 0) is 22.3 Å². The number of hydrogen-bond donors (Lipinski definition) is 1. The molecule has 1 N–H and O–H groups in total. The first kappa shape index (κ1) is 29.2. The second-order valence-corrected chi connectivity index (χ2v) is 10.5. The highest BCUT2D eigenvalue weighted by atomic mass is 19.4. The number of rotatable bonds is 5. The average molecular weight is 584 g/mol. The molecule has 2 aliphatic rings. The molecule has 1 unspecified atom stereocenters. The Balaban J connectivity index is 1.35. The summed E-state index contributed by atoms with van der Waals surface area (Å²) >= 11 is 0. The third-order valence-corrected chi connectivity index (χ3v) is 7.72. The van der Waals surface area contributed by atoms with Crippen molar-refractivity contribution < 1.29 is 36.7 Å². The van der Waals surface area contributed by atoms with Crippen molar-refractivity contribution in [2.45, 2.75) is 44.3 Å². The van der Waals surface area contributed by atoms with E-state index in [1.54, 1.807) is 29.2 Å². The summed E-state index contributed by atoms with van der Waals surface area (Å²) in [6.07, 6.45) is -4.06. The van der Waals surface area contributed by atoms with Crippen LogP contribution in [0.5, 0.6) is 0 Å². The Bertz CT molecular complexity index is 1470. The second-order valence-electron chi connectivity index (χ2n) is 10.5. The Morgan fingerprint density at radius 1 is 0.929 bits per heavy atom. The zero-order valence-electron chi connectivity index (χ0n) is 22.8. The Morgan fingerprint density at radius 3 is 2.19 bits per heavy atom. The molecule has 3 aromatic rings. The summed E-state index contributed by atoms with van der Waals surface area (Å²) in [4.78, 5) is 43.3. The SMILES string of the molecule is Cc1ccc(C(=O)N2C(C(=O)NCc3cccc(C(F)(F)F)c3)COC23CCN(C(=O)c2ccc(F)cc2)CC3)cc1. The van der Waals surface area contributed by atoms with E-state index in [1.165, 1.54) is 41.3 Å². The molecule has 0 bridgehead atoms. The van der Waals surface area contributed by atoms with Gasteiger partial charge in [0.1, 0.15) is 17.6 Å². The van der Waals surface area contributed by atoms with E-state index in [1.807, 2.05) is 6.92 Å². The molecule has 3 amide bonds. The van der Waals surface area contributed by atoms with Gasteiger partial charge in [0.25, 0.3) is 11.8 Å².